The van der Waals surface area contributed by atoms with E-state index < -0.39 is 0 Å². The van der Waals surface area contributed by atoms with Crippen molar-refractivity contribution in [1.29, 1.82) is 0 Å². The minimum absolute atomic E-state index is 0.247. The number of nitrogens with zero attached hydrogens (tertiary/aromatic N) is 1. The third kappa shape index (κ3) is 3.17. The monoisotopic (exact) mass is 295 g/mol. The van der Waals surface area contributed by atoms with E-state index in [1.807, 2.05) is 24.3 Å². The van der Waals surface area contributed by atoms with E-state index in [2.05, 4.69) is 27.9 Å². The van der Waals surface area contributed by atoms with Crippen molar-refractivity contribution in [3.05, 3.63) is 34.3 Å². The highest BCUT2D eigenvalue weighted by Gasteiger charge is 2.22. The Kier molecular flexibility index (Phi) is 4.35. The van der Waals surface area contributed by atoms with Crippen LogP contribution in [0.2, 0.25) is 0 Å². The van der Waals surface area contributed by atoms with Gasteiger partial charge in [0.2, 0.25) is 0 Å². The molecule has 0 amide bonds. The Morgan fingerprint density at radius 1 is 1.41 bits per heavy atom. The lowest BCUT2D eigenvalue weighted by Crippen LogP contribution is -2.37. The molecule has 0 aliphatic carbocycles. The SMILES string of the molecule is CN1CCCCC1CC(=O)c1ccccc1Br. The van der Waals surface area contributed by atoms with Gasteiger partial charge in [0, 0.05) is 22.5 Å². The van der Waals surface area contributed by atoms with Crippen LogP contribution in [-0.2, 0) is 0 Å². The highest BCUT2D eigenvalue weighted by Crippen LogP contribution is 2.23. The van der Waals surface area contributed by atoms with E-state index in [1.54, 1.807) is 0 Å². The number of benzene rings is 1. The van der Waals surface area contributed by atoms with Gasteiger partial charge in [0.1, 0.15) is 0 Å². The molecule has 0 aromatic heterocycles. The van der Waals surface area contributed by atoms with Crippen LogP contribution < -0.4 is 0 Å². The summed E-state index contributed by atoms with van der Waals surface area (Å²) in [6.45, 7) is 1.12. The van der Waals surface area contributed by atoms with Crippen molar-refractivity contribution < 1.29 is 4.79 Å². The quantitative estimate of drug-likeness (QED) is 0.796. The maximum Gasteiger partial charge on any atom is 0.165 e. The maximum absolute atomic E-state index is 12.2. The molecule has 1 unspecified atom stereocenters. The molecular formula is C14H18BrNO. The second-order valence-electron chi connectivity index (χ2n) is 4.74. The summed E-state index contributed by atoms with van der Waals surface area (Å²) in [4.78, 5) is 14.5. The van der Waals surface area contributed by atoms with Crippen LogP contribution in [-0.4, -0.2) is 30.3 Å². The molecule has 17 heavy (non-hydrogen) atoms. The van der Waals surface area contributed by atoms with Crippen LogP contribution in [0.4, 0.5) is 0 Å². The van der Waals surface area contributed by atoms with Crippen molar-refractivity contribution in [3.8, 4) is 0 Å². The molecule has 2 rings (SSSR count). The molecule has 0 spiro atoms. The molecule has 0 bridgehead atoms. The van der Waals surface area contributed by atoms with Crippen molar-refractivity contribution in [2.24, 2.45) is 0 Å². The predicted molar refractivity (Wildman–Crippen MR) is 73.4 cm³/mol. The second kappa shape index (κ2) is 5.78. The molecule has 1 saturated heterocycles. The zero-order chi connectivity index (χ0) is 12.3. The molecule has 92 valence electrons. The van der Waals surface area contributed by atoms with Gasteiger partial charge in [-0.1, -0.05) is 40.5 Å². The van der Waals surface area contributed by atoms with Crippen molar-refractivity contribution >= 4 is 21.7 Å². The van der Waals surface area contributed by atoms with Gasteiger partial charge in [-0.25, -0.2) is 0 Å². The first kappa shape index (κ1) is 12.8. The van der Waals surface area contributed by atoms with Gasteiger partial charge >= 0.3 is 0 Å². The smallest absolute Gasteiger partial charge is 0.165 e. The zero-order valence-corrected chi connectivity index (χ0v) is 11.7. The average molecular weight is 296 g/mol. The minimum Gasteiger partial charge on any atom is -0.303 e. The van der Waals surface area contributed by atoms with E-state index >= 15 is 0 Å². The number of carbonyl (C=O) groups is 1. The fourth-order valence-electron chi connectivity index (χ4n) is 2.41. The number of ketones is 1. The Morgan fingerprint density at radius 3 is 2.88 bits per heavy atom. The van der Waals surface area contributed by atoms with Crippen molar-refractivity contribution in [3.63, 3.8) is 0 Å². The van der Waals surface area contributed by atoms with Gasteiger partial charge in [0.15, 0.2) is 5.78 Å². The Hall–Kier alpha value is -0.670. The molecule has 1 aromatic carbocycles. The topological polar surface area (TPSA) is 20.3 Å². The molecule has 0 saturated carbocycles. The van der Waals surface area contributed by atoms with E-state index in [0.29, 0.717) is 12.5 Å². The second-order valence-corrected chi connectivity index (χ2v) is 5.59. The Balaban J connectivity index is 2.04. The first-order chi connectivity index (χ1) is 8.18. The van der Waals surface area contributed by atoms with Crippen molar-refractivity contribution in [2.75, 3.05) is 13.6 Å². The number of rotatable bonds is 3. The highest BCUT2D eigenvalue weighted by molar-refractivity contribution is 9.10. The lowest BCUT2D eigenvalue weighted by atomic mass is 9.95. The van der Waals surface area contributed by atoms with Gasteiger partial charge in [-0.2, -0.15) is 0 Å². The molecule has 0 radical (unpaired) electrons. The van der Waals surface area contributed by atoms with E-state index in [4.69, 9.17) is 0 Å². The number of Topliss-reactive ketones (excluding diaryl/α,β-unsaturated/α-hetero) is 1. The van der Waals surface area contributed by atoms with Gasteiger partial charge in [-0.05, 0) is 32.5 Å². The average Bonchev–Trinajstić information content (AvgIpc) is 2.32. The van der Waals surface area contributed by atoms with Crippen LogP contribution in [0.3, 0.4) is 0 Å². The molecule has 1 atom stereocenters. The van der Waals surface area contributed by atoms with Gasteiger partial charge in [-0.15, -0.1) is 0 Å². The third-order valence-electron chi connectivity index (χ3n) is 3.52. The standard InChI is InChI=1S/C14H18BrNO/c1-16-9-5-4-6-11(16)10-14(17)12-7-2-3-8-13(12)15/h2-3,7-8,11H,4-6,9-10H2,1H3. The number of halogens is 1. The summed E-state index contributed by atoms with van der Waals surface area (Å²) < 4.78 is 0.906. The van der Waals surface area contributed by atoms with Crippen LogP contribution >= 0.6 is 15.9 Å². The zero-order valence-electron chi connectivity index (χ0n) is 10.2. The van der Waals surface area contributed by atoms with Crippen molar-refractivity contribution in [2.45, 2.75) is 31.7 Å². The van der Waals surface area contributed by atoms with Crippen LogP contribution in [0.25, 0.3) is 0 Å². The van der Waals surface area contributed by atoms with E-state index in [9.17, 15) is 4.79 Å². The number of hydrogen-bond donors (Lipinski definition) is 0. The third-order valence-corrected chi connectivity index (χ3v) is 4.21. The Morgan fingerprint density at radius 2 is 2.18 bits per heavy atom. The largest absolute Gasteiger partial charge is 0.303 e. The first-order valence-corrected chi connectivity index (χ1v) is 6.96. The summed E-state index contributed by atoms with van der Waals surface area (Å²) in [6.07, 6.45) is 4.29. The Bertz CT molecular complexity index is 405. The van der Waals surface area contributed by atoms with Crippen LogP contribution in [0.1, 0.15) is 36.0 Å². The fourth-order valence-corrected chi connectivity index (χ4v) is 2.92. The minimum atomic E-state index is 0.247. The van der Waals surface area contributed by atoms with Gasteiger partial charge < -0.3 is 4.90 Å². The fraction of sp³-hybridized carbons (Fsp3) is 0.500. The summed E-state index contributed by atoms with van der Waals surface area (Å²) in [5.41, 5.74) is 0.812. The van der Waals surface area contributed by atoms with Crippen molar-refractivity contribution in [1.82, 2.24) is 4.90 Å². The van der Waals surface area contributed by atoms with Gasteiger partial charge in [0.05, 0.1) is 0 Å². The van der Waals surface area contributed by atoms with Gasteiger partial charge in [0.25, 0.3) is 0 Å². The predicted octanol–water partition coefficient (Wildman–Crippen LogP) is 3.51. The summed E-state index contributed by atoms with van der Waals surface area (Å²) in [5.74, 6) is 0.247. The van der Waals surface area contributed by atoms with Gasteiger partial charge in [-0.3, -0.25) is 4.79 Å². The lowest BCUT2D eigenvalue weighted by Gasteiger charge is -2.32. The highest BCUT2D eigenvalue weighted by atomic mass is 79.9. The molecular weight excluding hydrogens is 278 g/mol. The molecule has 1 fully saturated rings. The molecule has 1 aliphatic heterocycles. The molecule has 1 heterocycles. The van der Waals surface area contributed by atoms with Crippen LogP contribution in [0.5, 0.6) is 0 Å². The van der Waals surface area contributed by atoms with Crippen LogP contribution in [0, 0.1) is 0 Å². The van der Waals surface area contributed by atoms with E-state index in [1.165, 1.54) is 12.8 Å². The summed E-state index contributed by atoms with van der Waals surface area (Å²) in [7, 11) is 2.12. The van der Waals surface area contributed by atoms with E-state index in [0.717, 1.165) is 23.0 Å². The number of piperidine rings is 1. The molecule has 1 aliphatic rings. The first-order valence-electron chi connectivity index (χ1n) is 6.16. The normalized spacial score (nSPS) is 21.4. The van der Waals surface area contributed by atoms with Crippen LogP contribution in [0.15, 0.2) is 28.7 Å². The lowest BCUT2D eigenvalue weighted by molar-refractivity contribution is 0.0905. The van der Waals surface area contributed by atoms with E-state index in [-0.39, 0.29) is 5.78 Å². The number of likely N-dealkylation sites (tertiary alicyclic amines) is 1. The molecule has 0 N–H and O–H groups in total. The summed E-state index contributed by atoms with van der Waals surface area (Å²) >= 11 is 3.44. The molecule has 3 heteroatoms. The molecule has 2 nitrogen and oxygen atoms in total. The summed E-state index contributed by atoms with van der Waals surface area (Å²) in [6, 6.07) is 8.10. The number of carbonyl (C=O) groups excluding carboxylic acids is 1. The summed E-state index contributed by atoms with van der Waals surface area (Å²) in [5, 5.41) is 0. The maximum atomic E-state index is 12.2. The molecule has 1 aromatic rings. The number of hydrogen-bond acceptors (Lipinski definition) is 2. The Labute approximate surface area is 111 Å².